The first-order valence-electron chi connectivity index (χ1n) is 7.53. The number of sulfonamides is 1. The molecular formula is C15H18N2O5S. The summed E-state index contributed by atoms with van der Waals surface area (Å²) in [4.78, 5) is 24.5. The molecule has 1 aromatic carbocycles. The zero-order chi connectivity index (χ0) is 16.6. The number of hydrogen-bond acceptors (Lipinski definition) is 4. The summed E-state index contributed by atoms with van der Waals surface area (Å²) in [5, 5.41) is 8.99. The molecule has 0 aromatic heterocycles. The quantitative estimate of drug-likeness (QED) is 0.880. The highest BCUT2D eigenvalue weighted by Crippen LogP contribution is 2.27. The van der Waals surface area contributed by atoms with E-state index in [0.29, 0.717) is 25.1 Å². The largest absolute Gasteiger partial charge is 0.481 e. The lowest BCUT2D eigenvalue weighted by molar-refractivity contribution is -0.141. The molecule has 2 saturated heterocycles. The van der Waals surface area contributed by atoms with E-state index in [4.69, 9.17) is 5.11 Å². The van der Waals surface area contributed by atoms with E-state index in [1.807, 2.05) is 0 Å². The van der Waals surface area contributed by atoms with Crippen LogP contribution in [-0.2, 0) is 19.6 Å². The maximum absolute atomic E-state index is 12.6. The monoisotopic (exact) mass is 338 g/mol. The highest BCUT2D eigenvalue weighted by Gasteiger charge is 2.35. The number of carboxylic acid groups (broad SMARTS) is 1. The summed E-state index contributed by atoms with van der Waals surface area (Å²) in [6.07, 6.45) is 1.66. The van der Waals surface area contributed by atoms with Gasteiger partial charge in [0.15, 0.2) is 0 Å². The van der Waals surface area contributed by atoms with Crippen LogP contribution in [0.5, 0.6) is 0 Å². The SMILES string of the molecule is O=C(O)C1CCN(S(=O)(=O)c2ccc(N3CCCC3=O)cc2)C1. The van der Waals surface area contributed by atoms with Gasteiger partial charge in [-0.15, -0.1) is 0 Å². The fraction of sp³-hybridized carbons (Fsp3) is 0.467. The van der Waals surface area contributed by atoms with Gasteiger partial charge in [0.05, 0.1) is 10.8 Å². The maximum Gasteiger partial charge on any atom is 0.307 e. The van der Waals surface area contributed by atoms with Gasteiger partial charge in [-0.1, -0.05) is 0 Å². The van der Waals surface area contributed by atoms with Crippen LogP contribution < -0.4 is 4.90 Å². The molecule has 8 heteroatoms. The molecule has 0 spiro atoms. The second kappa shape index (κ2) is 5.93. The maximum atomic E-state index is 12.6. The van der Waals surface area contributed by atoms with Crippen molar-refractivity contribution < 1.29 is 23.1 Å². The van der Waals surface area contributed by atoms with Crippen molar-refractivity contribution in [1.29, 1.82) is 0 Å². The van der Waals surface area contributed by atoms with Crippen LogP contribution in [0.15, 0.2) is 29.2 Å². The van der Waals surface area contributed by atoms with Crippen molar-refractivity contribution in [3.05, 3.63) is 24.3 Å². The molecule has 1 aromatic rings. The van der Waals surface area contributed by atoms with Gasteiger partial charge in [0, 0.05) is 31.7 Å². The first kappa shape index (κ1) is 15.9. The number of carbonyl (C=O) groups is 2. The van der Waals surface area contributed by atoms with E-state index in [1.54, 1.807) is 17.0 Å². The van der Waals surface area contributed by atoms with Crippen LogP contribution in [0.1, 0.15) is 19.3 Å². The topological polar surface area (TPSA) is 95.0 Å². The van der Waals surface area contributed by atoms with E-state index in [9.17, 15) is 18.0 Å². The number of anilines is 1. The summed E-state index contributed by atoms with van der Waals surface area (Å²) in [6, 6.07) is 6.20. The molecule has 2 aliphatic heterocycles. The molecule has 0 bridgehead atoms. The van der Waals surface area contributed by atoms with Gasteiger partial charge in [0.1, 0.15) is 0 Å². The van der Waals surface area contributed by atoms with Gasteiger partial charge in [-0.25, -0.2) is 8.42 Å². The van der Waals surface area contributed by atoms with E-state index in [1.165, 1.54) is 16.4 Å². The Hall–Kier alpha value is -1.93. The fourth-order valence-electron chi connectivity index (χ4n) is 3.02. The second-order valence-electron chi connectivity index (χ2n) is 5.83. The zero-order valence-electron chi connectivity index (χ0n) is 12.5. The lowest BCUT2D eigenvalue weighted by Gasteiger charge is -2.18. The van der Waals surface area contributed by atoms with Crippen LogP contribution in [0.25, 0.3) is 0 Å². The van der Waals surface area contributed by atoms with Crippen LogP contribution in [-0.4, -0.2) is 49.3 Å². The average molecular weight is 338 g/mol. The van der Waals surface area contributed by atoms with E-state index in [-0.39, 0.29) is 23.9 Å². The third-order valence-corrected chi connectivity index (χ3v) is 6.24. The molecule has 0 radical (unpaired) electrons. The van der Waals surface area contributed by atoms with Crippen molar-refractivity contribution in [3.63, 3.8) is 0 Å². The van der Waals surface area contributed by atoms with Crippen LogP contribution in [0.2, 0.25) is 0 Å². The van der Waals surface area contributed by atoms with Crippen LogP contribution in [0.3, 0.4) is 0 Å². The summed E-state index contributed by atoms with van der Waals surface area (Å²) < 4.78 is 26.3. The van der Waals surface area contributed by atoms with Crippen LogP contribution in [0.4, 0.5) is 5.69 Å². The Bertz CT molecular complexity index is 729. The predicted molar refractivity (Wildman–Crippen MR) is 82.5 cm³/mol. The Balaban J connectivity index is 1.78. The summed E-state index contributed by atoms with van der Waals surface area (Å²) in [5.41, 5.74) is 0.691. The van der Waals surface area contributed by atoms with Crippen LogP contribution in [0, 0.1) is 5.92 Å². The van der Waals surface area contributed by atoms with Gasteiger partial charge < -0.3 is 10.0 Å². The van der Waals surface area contributed by atoms with Gasteiger partial charge in [-0.05, 0) is 37.1 Å². The minimum absolute atomic E-state index is 0.00400. The van der Waals surface area contributed by atoms with Crippen molar-refractivity contribution in [2.24, 2.45) is 5.92 Å². The predicted octanol–water partition coefficient (Wildman–Crippen LogP) is 0.909. The highest BCUT2D eigenvalue weighted by atomic mass is 32.2. The smallest absolute Gasteiger partial charge is 0.307 e. The molecule has 7 nitrogen and oxygen atoms in total. The lowest BCUT2D eigenvalue weighted by Crippen LogP contribution is -2.30. The Labute approximate surface area is 134 Å². The van der Waals surface area contributed by atoms with E-state index in [0.717, 1.165) is 6.42 Å². The number of carbonyl (C=O) groups excluding carboxylic acids is 1. The Morgan fingerprint density at radius 1 is 1.17 bits per heavy atom. The number of nitrogens with zero attached hydrogens (tertiary/aromatic N) is 2. The van der Waals surface area contributed by atoms with E-state index < -0.39 is 21.9 Å². The van der Waals surface area contributed by atoms with Gasteiger partial charge in [0.25, 0.3) is 0 Å². The Morgan fingerprint density at radius 3 is 2.39 bits per heavy atom. The first-order chi connectivity index (χ1) is 10.9. The van der Waals surface area contributed by atoms with Crippen molar-refractivity contribution in [2.45, 2.75) is 24.2 Å². The Kier molecular flexibility index (Phi) is 4.11. The molecule has 0 saturated carbocycles. The summed E-state index contributed by atoms with van der Waals surface area (Å²) in [6.45, 7) is 0.868. The molecule has 1 N–H and O–H groups in total. The summed E-state index contributed by atoms with van der Waals surface area (Å²) in [7, 11) is -3.69. The molecule has 0 aliphatic carbocycles. The highest BCUT2D eigenvalue weighted by molar-refractivity contribution is 7.89. The van der Waals surface area contributed by atoms with Crippen molar-refractivity contribution in [3.8, 4) is 0 Å². The van der Waals surface area contributed by atoms with Crippen molar-refractivity contribution in [2.75, 3.05) is 24.5 Å². The standard InChI is InChI=1S/C15H18N2O5S/c18-14-2-1-8-17(14)12-3-5-13(6-4-12)23(21,22)16-9-7-11(10-16)15(19)20/h3-6,11H,1-2,7-10H2,(H,19,20). The molecule has 2 aliphatic rings. The van der Waals surface area contributed by atoms with Gasteiger partial charge in [0.2, 0.25) is 15.9 Å². The lowest BCUT2D eigenvalue weighted by atomic mass is 10.1. The van der Waals surface area contributed by atoms with Crippen LogP contribution >= 0.6 is 0 Å². The minimum Gasteiger partial charge on any atom is -0.481 e. The molecule has 1 amide bonds. The molecular weight excluding hydrogens is 320 g/mol. The minimum atomic E-state index is -3.69. The number of aliphatic carboxylic acids is 1. The van der Waals surface area contributed by atoms with Crippen molar-refractivity contribution >= 4 is 27.6 Å². The first-order valence-corrected chi connectivity index (χ1v) is 8.97. The Morgan fingerprint density at radius 2 is 1.87 bits per heavy atom. The average Bonchev–Trinajstić information content (AvgIpc) is 3.16. The number of rotatable bonds is 4. The van der Waals surface area contributed by atoms with Gasteiger partial charge >= 0.3 is 5.97 Å². The van der Waals surface area contributed by atoms with Crippen molar-refractivity contribution in [1.82, 2.24) is 4.31 Å². The molecule has 2 fully saturated rings. The molecule has 3 rings (SSSR count). The molecule has 1 atom stereocenters. The number of carboxylic acids is 1. The normalized spacial score (nSPS) is 22.7. The number of amides is 1. The number of hydrogen-bond donors (Lipinski definition) is 1. The zero-order valence-corrected chi connectivity index (χ0v) is 13.3. The molecule has 23 heavy (non-hydrogen) atoms. The van der Waals surface area contributed by atoms with Gasteiger partial charge in [-0.2, -0.15) is 4.31 Å². The number of benzene rings is 1. The summed E-state index contributed by atoms with van der Waals surface area (Å²) >= 11 is 0. The molecule has 1 unspecified atom stereocenters. The summed E-state index contributed by atoms with van der Waals surface area (Å²) in [5.74, 6) is -1.57. The van der Waals surface area contributed by atoms with E-state index >= 15 is 0 Å². The van der Waals surface area contributed by atoms with E-state index in [2.05, 4.69) is 0 Å². The van der Waals surface area contributed by atoms with Gasteiger partial charge in [-0.3, -0.25) is 9.59 Å². The fourth-order valence-corrected chi connectivity index (χ4v) is 4.52. The molecule has 124 valence electrons. The second-order valence-corrected chi connectivity index (χ2v) is 7.77. The third-order valence-electron chi connectivity index (χ3n) is 4.36. The molecule has 2 heterocycles. The third kappa shape index (κ3) is 2.96.